The molecule has 0 bridgehead atoms. The zero-order valence-corrected chi connectivity index (χ0v) is 9.38. The normalized spacial score (nSPS) is 12.5. The maximum absolute atomic E-state index is 4.16. The standard InChI is InChI=1S/C12H20N2/c1-4-5-6-11(3)14-12-7-10(2)8-13-9-12/h7-9,11,14H,4-6H2,1-3H3. The summed E-state index contributed by atoms with van der Waals surface area (Å²) in [5.41, 5.74) is 2.34. The van der Waals surface area contributed by atoms with Gasteiger partial charge in [-0.3, -0.25) is 4.98 Å². The number of anilines is 1. The molecule has 0 saturated heterocycles. The topological polar surface area (TPSA) is 24.9 Å². The van der Waals surface area contributed by atoms with E-state index in [9.17, 15) is 0 Å². The number of nitrogens with one attached hydrogen (secondary N) is 1. The van der Waals surface area contributed by atoms with Crippen LogP contribution in [0, 0.1) is 6.92 Å². The third-order valence-corrected chi connectivity index (χ3v) is 2.28. The van der Waals surface area contributed by atoms with E-state index in [4.69, 9.17) is 0 Å². The van der Waals surface area contributed by atoms with Crippen molar-refractivity contribution in [3.05, 3.63) is 24.0 Å². The second kappa shape index (κ2) is 5.63. The molecular weight excluding hydrogens is 172 g/mol. The molecule has 1 atom stereocenters. The molecule has 0 aromatic carbocycles. The lowest BCUT2D eigenvalue weighted by molar-refractivity contribution is 0.645. The maximum atomic E-state index is 4.16. The van der Waals surface area contributed by atoms with Gasteiger partial charge < -0.3 is 5.32 Å². The largest absolute Gasteiger partial charge is 0.381 e. The van der Waals surface area contributed by atoms with Gasteiger partial charge in [-0.15, -0.1) is 0 Å². The first kappa shape index (κ1) is 11.0. The average Bonchev–Trinajstić information content (AvgIpc) is 2.15. The first-order valence-corrected chi connectivity index (χ1v) is 5.40. The predicted molar refractivity (Wildman–Crippen MR) is 61.6 cm³/mol. The third kappa shape index (κ3) is 3.77. The van der Waals surface area contributed by atoms with Crippen molar-refractivity contribution in [2.24, 2.45) is 0 Å². The van der Waals surface area contributed by atoms with Gasteiger partial charge in [0.2, 0.25) is 0 Å². The minimum absolute atomic E-state index is 0.540. The van der Waals surface area contributed by atoms with Crippen molar-refractivity contribution in [1.82, 2.24) is 4.98 Å². The Bertz CT molecular complexity index is 271. The molecule has 2 heteroatoms. The number of rotatable bonds is 5. The summed E-state index contributed by atoms with van der Waals surface area (Å²) in [5.74, 6) is 0. The van der Waals surface area contributed by atoms with Gasteiger partial charge in [0.15, 0.2) is 0 Å². The summed E-state index contributed by atoms with van der Waals surface area (Å²) in [7, 11) is 0. The number of hydrogen-bond donors (Lipinski definition) is 1. The van der Waals surface area contributed by atoms with Crippen molar-refractivity contribution < 1.29 is 0 Å². The Kier molecular flexibility index (Phi) is 4.44. The highest BCUT2D eigenvalue weighted by molar-refractivity contribution is 5.43. The Morgan fingerprint density at radius 1 is 1.43 bits per heavy atom. The second-order valence-corrected chi connectivity index (χ2v) is 3.94. The molecule has 0 radical (unpaired) electrons. The summed E-state index contributed by atoms with van der Waals surface area (Å²) in [6.07, 6.45) is 7.53. The lowest BCUT2D eigenvalue weighted by Crippen LogP contribution is -2.14. The Hall–Kier alpha value is -1.05. The zero-order valence-electron chi connectivity index (χ0n) is 9.38. The number of unbranched alkanes of at least 4 members (excludes halogenated alkanes) is 1. The van der Waals surface area contributed by atoms with Crippen molar-refractivity contribution in [3.8, 4) is 0 Å². The van der Waals surface area contributed by atoms with Crippen LogP contribution in [-0.4, -0.2) is 11.0 Å². The summed E-state index contributed by atoms with van der Waals surface area (Å²) in [6, 6.07) is 2.67. The van der Waals surface area contributed by atoms with E-state index >= 15 is 0 Å². The van der Waals surface area contributed by atoms with Crippen molar-refractivity contribution >= 4 is 5.69 Å². The molecule has 0 aliphatic carbocycles. The molecule has 0 saturated carbocycles. The molecule has 14 heavy (non-hydrogen) atoms. The summed E-state index contributed by atoms with van der Waals surface area (Å²) < 4.78 is 0. The van der Waals surface area contributed by atoms with Gasteiger partial charge in [0.25, 0.3) is 0 Å². The summed E-state index contributed by atoms with van der Waals surface area (Å²) in [6.45, 7) is 6.51. The molecule has 2 nitrogen and oxygen atoms in total. The van der Waals surface area contributed by atoms with Crippen molar-refractivity contribution in [3.63, 3.8) is 0 Å². The van der Waals surface area contributed by atoms with Crippen LogP contribution in [0.4, 0.5) is 5.69 Å². The van der Waals surface area contributed by atoms with Gasteiger partial charge in [0.05, 0.1) is 5.69 Å². The van der Waals surface area contributed by atoms with Gasteiger partial charge in [-0.05, 0) is 31.9 Å². The molecular formula is C12H20N2. The number of aryl methyl sites for hydroxylation is 1. The van der Waals surface area contributed by atoms with Crippen LogP contribution in [-0.2, 0) is 0 Å². The van der Waals surface area contributed by atoms with Crippen LogP contribution in [0.3, 0.4) is 0 Å². The van der Waals surface area contributed by atoms with E-state index in [2.05, 4.69) is 37.1 Å². The Labute approximate surface area is 86.8 Å². The first-order chi connectivity index (χ1) is 6.72. The zero-order chi connectivity index (χ0) is 10.4. The molecule has 1 aromatic rings. The lowest BCUT2D eigenvalue weighted by atomic mass is 10.1. The Balaban J connectivity index is 2.43. The molecule has 1 rings (SSSR count). The minimum Gasteiger partial charge on any atom is -0.381 e. The van der Waals surface area contributed by atoms with Crippen LogP contribution in [0.1, 0.15) is 38.7 Å². The SMILES string of the molecule is CCCCC(C)Nc1cncc(C)c1. The van der Waals surface area contributed by atoms with Crippen LogP contribution >= 0.6 is 0 Å². The molecule has 1 heterocycles. The van der Waals surface area contributed by atoms with E-state index in [-0.39, 0.29) is 0 Å². The molecule has 1 unspecified atom stereocenters. The molecule has 0 spiro atoms. The average molecular weight is 192 g/mol. The Morgan fingerprint density at radius 2 is 2.21 bits per heavy atom. The number of nitrogens with zero attached hydrogens (tertiary/aromatic N) is 1. The van der Waals surface area contributed by atoms with Gasteiger partial charge in [-0.2, -0.15) is 0 Å². The smallest absolute Gasteiger partial charge is 0.0531 e. The molecule has 1 N–H and O–H groups in total. The van der Waals surface area contributed by atoms with Gasteiger partial charge in [-0.25, -0.2) is 0 Å². The summed E-state index contributed by atoms with van der Waals surface area (Å²) in [4.78, 5) is 4.16. The Morgan fingerprint density at radius 3 is 2.86 bits per heavy atom. The summed E-state index contributed by atoms with van der Waals surface area (Å²) >= 11 is 0. The number of hydrogen-bond acceptors (Lipinski definition) is 2. The van der Waals surface area contributed by atoms with Crippen LogP contribution in [0.2, 0.25) is 0 Å². The minimum atomic E-state index is 0.540. The fraction of sp³-hybridized carbons (Fsp3) is 0.583. The van der Waals surface area contributed by atoms with Crippen LogP contribution in [0.15, 0.2) is 18.5 Å². The predicted octanol–water partition coefficient (Wildman–Crippen LogP) is 3.38. The second-order valence-electron chi connectivity index (χ2n) is 3.94. The van der Waals surface area contributed by atoms with Crippen LogP contribution < -0.4 is 5.32 Å². The van der Waals surface area contributed by atoms with E-state index in [1.165, 1.54) is 24.8 Å². The molecule has 0 fully saturated rings. The van der Waals surface area contributed by atoms with Crippen molar-refractivity contribution in [2.45, 2.75) is 46.1 Å². The van der Waals surface area contributed by atoms with Gasteiger partial charge in [0, 0.05) is 18.4 Å². The van der Waals surface area contributed by atoms with E-state index in [0.717, 1.165) is 5.69 Å². The monoisotopic (exact) mass is 192 g/mol. The molecule has 0 aliphatic heterocycles. The van der Waals surface area contributed by atoms with Crippen LogP contribution in [0.25, 0.3) is 0 Å². The maximum Gasteiger partial charge on any atom is 0.0531 e. The van der Waals surface area contributed by atoms with E-state index < -0.39 is 0 Å². The quantitative estimate of drug-likeness (QED) is 0.773. The number of pyridine rings is 1. The lowest BCUT2D eigenvalue weighted by Gasteiger charge is -2.14. The fourth-order valence-corrected chi connectivity index (χ4v) is 1.50. The van der Waals surface area contributed by atoms with Crippen LogP contribution in [0.5, 0.6) is 0 Å². The molecule has 0 amide bonds. The van der Waals surface area contributed by atoms with E-state index in [1.54, 1.807) is 0 Å². The highest BCUT2D eigenvalue weighted by Gasteiger charge is 2.01. The molecule has 78 valence electrons. The highest BCUT2D eigenvalue weighted by atomic mass is 14.9. The van der Waals surface area contributed by atoms with E-state index in [0.29, 0.717) is 6.04 Å². The first-order valence-electron chi connectivity index (χ1n) is 5.40. The highest BCUT2D eigenvalue weighted by Crippen LogP contribution is 2.11. The van der Waals surface area contributed by atoms with Crippen molar-refractivity contribution in [2.75, 3.05) is 5.32 Å². The summed E-state index contributed by atoms with van der Waals surface area (Å²) in [5, 5.41) is 3.46. The van der Waals surface area contributed by atoms with Crippen molar-refractivity contribution in [1.29, 1.82) is 0 Å². The third-order valence-electron chi connectivity index (χ3n) is 2.28. The van der Waals surface area contributed by atoms with Gasteiger partial charge >= 0.3 is 0 Å². The van der Waals surface area contributed by atoms with Gasteiger partial charge in [0.1, 0.15) is 0 Å². The molecule has 0 aliphatic rings. The fourth-order valence-electron chi connectivity index (χ4n) is 1.50. The number of aromatic nitrogens is 1. The van der Waals surface area contributed by atoms with E-state index in [1.807, 2.05) is 12.4 Å². The molecule has 1 aromatic heterocycles. The van der Waals surface area contributed by atoms with Gasteiger partial charge in [-0.1, -0.05) is 19.8 Å².